The number of ether oxygens (including phenoxy) is 1. The van der Waals surface area contributed by atoms with Gasteiger partial charge in [-0.15, -0.1) is 0 Å². The van der Waals surface area contributed by atoms with Gasteiger partial charge in [-0.1, -0.05) is 12.2 Å². The molecule has 0 aliphatic rings. The lowest BCUT2D eigenvalue weighted by Gasteiger charge is -2.12. The summed E-state index contributed by atoms with van der Waals surface area (Å²) in [6.45, 7) is 2.55. The predicted molar refractivity (Wildman–Crippen MR) is 83.2 cm³/mol. The Hall–Kier alpha value is -2.14. The minimum absolute atomic E-state index is 0.151. The summed E-state index contributed by atoms with van der Waals surface area (Å²) < 4.78 is 18.6. The second-order valence-corrected chi connectivity index (χ2v) is 4.58. The number of halogens is 1. The molecular weight excluding hydrogens is 275 g/mol. The second-order valence-electron chi connectivity index (χ2n) is 4.14. The maximum atomic E-state index is 13.2. The highest BCUT2D eigenvalue weighted by Gasteiger charge is 2.07. The number of nitrogens with two attached hydrogens (primary N) is 1. The highest BCUT2D eigenvalue weighted by molar-refractivity contribution is 7.80. The third kappa shape index (κ3) is 3.45. The summed E-state index contributed by atoms with van der Waals surface area (Å²) in [6, 6.07) is 11.7. The molecule has 0 unspecified atom stereocenters. The Morgan fingerprint density at radius 3 is 2.55 bits per heavy atom. The van der Waals surface area contributed by atoms with Crippen LogP contribution in [0.3, 0.4) is 0 Å². The van der Waals surface area contributed by atoms with Crippen molar-refractivity contribution >= 4 is 28.6 Å². The Labute approximate surface area is 122 Å². The Kier molecular flexibility index (Phi) is 4.53. The van der Waals surface area contributed by atoms with Crippen LogP contribution in [0.2, 0.25) is 0 Å². The third-order valence-electron chi connectivity index (χ3n) is 2.69. The van der Waals surface area contributed by atoms with E-state index in [0.717, 1.165) is 11.4 Å². The lowest BCUT2D eigenvalue weighted by molar-refractivity contribution is 0.340. The molecule has 0 spiro atoms. The van der Waals surface area contributed by atoms with Gasteiger partial charge in [-0.3, -0.25) is 0 Å². The molecule has 3 N–H and O–H groups in total. The van der Waals surface area contributed by atoms with Gasteiger partial charge in [0.1, 0.15) is 16.6 Å². The average molecular weight is 290 g/mol. The molecule has 0 aromatic heterocycles. The fourth-order valence-corrected chi connectivity index (χ4v) is 1.95. The molecule has 104 valence electrons. The summed E-state index contributed by atoms with van der Waals surface area (Å²) in [5.41, 5.74) is 7.60. The molecule has 2 rings (SSSR count). The van der Waals surface area contributed by atoms with Gasteiger partial charge < -0.3 is 15.8 Å². The van der Waals surface area contributed by atoms with Crippen molar-refractivity contribution in [1.29, 1.82) is 0 Å². The van der Waals surface area contributed by atoms with Gasteiger partial charge in [-0.2, -0.15) is 0 Å². The SMILES string of the molecule is CCOc1ccc(Nc2ccc(F)cc2C(N)=S)cc1. The summed E-state index contributed by atoms with van der Waals surface area (Å²) in [5.74, 6) is 0.428. The van der Waals surface area contributed by atoms with Crippen molar-refractivity contribution in [2.24, 2.45) is 5.73 Å². The van der Waals surface area contributed by atoms with Crippen LogP contribution in [0.25, 0.3) is 0 Å². The first kappa shape index (κ1) is 14.3. The Morgan fingerprint density at radius 1 is 1.25 bits per heavy atom. The maximum Gasteiger partial charge on any atom is 0.124 e. The first-order chi connectivity index (χ1) is 9.60. The van der Waals surface area contributed by atoms with Crippen LogP contribution in [-0.2, 0) is 0 Å². The average Bonchev–Trinajstić information content (AvgIpc) is 2.43. The zero-order valence-corrected chi connectivity index (χ0v) is 11.8. The molecule has 3 nitrogen and oxygen atoms in total. The Balaban J connectivity index is 2.23. The van der Waals surface area contributed by atoms with Crippen molar-refractivity contribution in [3.8, 4) is 5.75 Å². The van der Waals surface area contributed by atoms with Crippen LogP contribution in [0.1, 0.15) is 12.5 Å². The van der Waals surface area contributed by atoms with Gasteiger partial charge in [0.15, 0.2) is 0 Å². The molecule has 0 saturated carbocycles. The molecule has 5 heteroatoms. The van der Waals surface area contributed by atoms with Crippen LogP contribution in [0.5, 0.6) is 5.75 Å². The number of hydrogen-bond acceptors (Lipinski definition) is 3. The molecule has 0 aliphatic heterocycles. The van der Waals surface area contributed by atoms with Crippen molar-refractivity contribution in [2.75, 3.05) is 11.9 Å². The molecule has 0 aliphatic carbocycles. The minimum Gasteiger partial charge on any atom is -0.494 e. The number of hydrogen-bond donors (Lipinski definition) is 2. The van der Waals surface area contributed by atoms with Gasteiger partial charge in [-0.05, 0) is 49.4 Å². The molecule has 0 saturated heterocycles. The van der Waals surface area contributed by atoms with Crippen LogP contribution < -0.4 is 15.8 Å². The second kappa shape index (κ2) is 6.34. The van der Waals surface area contributed by atoms with E-state index in [9.17, 15) is 4.39 Å². The quantitative estimate of drug-likeness (QED) is 0.826. The fraction of sp³-hybridized carbons (Fsp3) is 0.133. The van der Waals surface area contributed by atoms with Crippen LogP contribution >= 0.6 is 12.2 Å². The van der Waals surface area contributed by atoms with Gasteiger partial charge in [0.25, 0.3) is 0 Å². The molecule has 0 amide bonds. The predicted octanol–water partition coefficient (Wildman–Crippen LogP) is 3.60. The maximum absolute atomic E-state index is 13.2. The molecule has 0 bridgehead atoms. The minimum atomic E-state index is -0.370. The highest BCUT2D eigenvalue weighted by atomic mass is 32.1. The summed E-state index contributed by atoms with van der Waals surface area (Å²) in [7, 11) is 0. The van der Waals surface area contributed by atoms with Gasteiger partial charge in [0, 0.05) is 16.9 Å². The zero-order chi connectivity index (χ0) is 14.5. The van der Waals surface area contributed by atoms with E-state index in [2.05, 4.69) is 5.32 Å². The van der Waals surface area contributed by atoms with Gasteiger partial charge >= 0.3 is 0 Å². The molecular formula is C15H15FN2OS. The standard InChI is InChI=1S/C15H15FN2OS/c1-2-19-12-6-4-11(5-7-12)18-14-8-3-10(16)9-13(14)15(17)20/h3-9,18H,2H2,1H3,(H2,17,20). The smallest absolute Gasteiger partial charge is 0.124 e. The van der Waals surface area contributed by atoms with Gasteiger partial charge in [0.2, 0.25) is 0 Å². The summed E-state index contributed by atoms with van der Waals surface area (Å²) >= 11 is 4.93. The monoisotopic (exact) mass is 290 g/mol. The van der Waals surface area contributed by atoms with Crippen LogP contribution in [0.15, 0.2) is 42.5 Å². The third-order valence-corrected chi connectivity index (χ3v) is 2.91. The van der Waals surface area contributed by atoms with E-state index in [1.165, 1.54) is 12.1 Å². The fourth-order valence-electron chi connectivity index (χ4n) is 1.79. The lowest BCUT2D eigenvalue weighted by atomic mass is 10.1. The van der Waals surface area contributed by atoms with Crippen molar-refractivity contribution < 1.29 is 9.13 Å². The molecule has 2 aromatic carbocycles. The molecule has 0 atom stereocenters. The molecule has 0 radical (unpaired) electrons. The number of benzene rings is 2. The van der Waals surface area contributed by atoms with E-state index in [4.69, 9.17) is 22.7 Å². The van der Waals surface area contributed by atoms with Crippen molar-refractivity contribution in [3.05, 3.63) is 53.8 Å². The Bertz CT molecular complexity index is 614. The number of thiocarbonyl (C=S) groups is 1. The first-order valence-corrected chi connectivity index (χ1v) is 6.60. The van der Waals surface area contributed by atoms with Crippen molar-refractivity contribution in [2.45, 2.75) is 6.92 Å². The lowest BCUT2D eigenvalue weighted by Crippen LogP contribution is -2.12. The van der Waals surface area contributed by atoms with E-state index in [1.54, 1.807) is 6.07 Å². The van der Waals surface area contributed by atoms with Crippen molar-refractivity contribution in [3.63, 3.8) is 0 Å². The number of anilines is 2. The normalized spacial score (nSPS) is 10.1. The summed E-state index contributed by atoms with van der Waals surface area (Å²) in [6.07, 6.45) is 0. The van der Waals surface area contributed by atoms with E-state index in [1.807, 2.05) is 31.2 Å². The van der Waals surface area contributed by atoms with Crippen molar-refractivity contribution in [1.82, 2.24) is 0 Å². The largest absolute Gasteiger partial charge is 0.494 e. The first-order valence-electron chi connectivity index (χ1n) is 6.19. The van der Waals surface area contributed by atoms with E-state index < -0.39 is 0 Å². The number of rotatable bonds is 5. The molecule has 0 fully saturated rings. The van der Waals surface area contributed by atoms with Crippen LogP contribution in [0, 0.1) is 5.82 Å². The zero-order valence-electron chi connectivity index (χ0n) is 11.0. The highest BCUT2D eigenvalue weighted by Crippen LogP contribution is 2.23. The summed E-state index contributed by atoms with van der Waals surface area (Å²) in [5, 5.41) is 3.16. The van der Waals surface area contributed by atoms with Crippen LogP contribution in [0.4, 0.5) is 15.8 Å². The number of nitrogens with one attached hydrogen (secondary N) is 1. The van der Waals surface area contributed by atoms with Gasteiger partial charge in [0.05, 0.1) is 6.61 Å². The van der Waals surface area contributed by atoms with Crippen LogP contribution in [-0.4, -0.2) is 11.6 Å². The molecule has 0 heterocycles. The summed E-state index contributed by atoms with van der Waals surface area (Å²) in [4.78, 5) is 0.151. The molecule has 2 aromatic rings. The topological polar surface area (TPSA) is 47.3 Å². The van der Waals surface area contributed by atoms with E-state index >= 15 is 0 Å². The Morgan fingerprint density at radius 2 is 1.95 bits per heavy atom. The van der Waals surface area contributed by atoms with Gasteiger partial charge in [-0.25, -0.2) is 4.39 Å². The van der Waals surface area contributed by atoms with E-state index in [0.29, 0.717) is 17.9 Å². The van der Waals surface area contributed by atoms with E-state index in [-0.39, 0.29) is 10.8 Å². The molecule has 20 heavy (non-hydrogen) atoms.